The fourth-order valence-corrected chi connectivity index (χ4v) is 8.63. The molecule has 0 N–H and O–H groups in total. The number of rotatable bonds is 42. The van der Waals surface area contributed by atoms with Crippen molar-refractivity contribution in [3.05, 3.63) is 0 Å². The van der Waals surface area contributed by atoms with Crippen molar-refractivity contribution in [2.45, 2.75) is 231 Å². The average molecular weight is 922 g/mol. The number of hydrogen-bond acceptors (Lipinski definition) is 9. The van der Waals surface area contributed by atoms with Crippen LogP contribution in [0.2, 0.25) is 0 Å². The van der Waals surface area contributed by atoms with Crippen LogP contribution in [-0.4, -0.2) is 75.8 Å². The third-order valence-corrected chi connectivity index (χ3v) is 13.3. The Morgan fingerprint density at radius 2 is 0.600 bits per heavy atom. The maximum Gasteiger partial charge on any atom is 0.306 e. The summed E-state index contributed by atoms with van der Waals surface area (Å²) in [6, 6.07) is 0. The second kappa shape index (κ2) is 37.8. The Balaban J connectivity index is 5.88. The van der Waals surface area contributed by atoms with E-state index in [1.807, 2.05) is 19.0 Å². The van der Waals surface area contributed by atoms with Crippen molar-refractivity contribution < 1.29 is 38.1 Å². The van der Waals surface area contributed by atoms with Gasteiger partial charge >= 0.3 is 23.9 Å². The summed E-state index contributed by atoms with van der Waals surface area (Å²) in [5.74, 6) is 3.12. The van der Waals surface area contributed by atoms with E-state index < -0.39 is 11.4 Å². The summed E-state index contributed by atoms with van der Waals surface area (Å²) in [5.41, 5.74) is -1.25. The highest BCUT2D eigenvalue weighted by Gasteiger charge is 2.38. The Morgan fingerprint density at radius 1 is 0.354 bits per heavy atom. The molecule has 0 aromatic carbocycles. The molecule has 0 aromatic rings. The summed E-state index contributed by atoms with van der Waals surface area (Å²) in [5, 5.41) is 0. The van der Waals surface area contributed by atoms with Crippen LogP contribution in [0.1, 0.15) is 231 Å². The first-order valence-corrected chi connectivity index (χ1v) is 26.9. The summed E-state index contributed by atoms with van der Waals surface area (Å²) < 4.78 is 23.7. The topological polar surface area (TPSA) is 108 Å². The molecule has 0 aliphatic carbocycles. The second-order valence-corrected chi connectivity index (χ2v) is 23.1. The first-order chi connectivity index (χ1) is 30.6. The van der Waals surface area contributed by atoms with Gasteiger partial charge in [0.15, 0.2) is 0 Å². The summed E-state index contributed by atoms with van der Waals surface area (Å²) in [6.45, 7) is 26.8. The van der Waals surface area contributed by atoms with E-state index in [1.54, 1.807) is 0 Å². The van der Waals surface area contributed by atoms with Crippen molar-refractivity contribution in [3.8, 4) is 0 Å². The second-order valence-electron chi connectivity index (χ2n) is 23.1. The maximum atomic E-state index is 13.4. The zero-order chi connectivity index (χ0) is 49.2. The van der Waals surface area contributed by atoms with Gasteiger partial charge in [0, 0.05) is 25.7 Å². The molecule has 0 amide bonds. The normalized spacial score (nSPS) is 15.7. The van der Waals surface area contributed by atoms with Crippen LogP contribution in [0.15, 0.2) is 0 Å². The van der Waals surface area contributed by atoms with Gasteiger partial charge in [0.25, 0.3) is 0 Å². The molecular weight excluding hydrogens is 815 g/mol. The van der Waals surface area contributed by atoms with Crippen molar-refractivity contribution in [3.63, 3.8) is 0 Å². The van der Waals surface area contributed by atoms with Gasteiger partial charge in [0.2, 0.25) is 0 Å². The SMILES string of the molecule is CC(C)CCCC(C)CCCC(C)CC(=O)OCC(COC(=O)CCCN(C)C)(COC(=O)CC(C)CCCC(C)CCCC(C)C)COC(=O)CC(C)CCCC(C)CCCC(C)C. The lowest BCUT2D eigenvalue weighted by molar-refractivity contribution is -0.171. The molecule has 384 valence electrons. The molecule has 0 rings (SSSR count). The van der Waals surface area contributed by atoms with Gasteiger partial charge in [-0.2, -0.15) is 0 Å². The van der Waals surface area contributed by atoms with Gasteiger partial charge in [0.05, 0.1) is 0 Å². The van der Waals surface area contributed by atoms with E-state index in [-0.39, 0.29) is 87.8 Å². The fourth-order valence-electron chi connectivity index (χ4n) is 8.63. The number of hydrogen-bond donors (Lipinski definition) is 0. The summed E-state index contributed by atoms with van der Waals surface area (Å²) in [6.07, 6.45) is 22.2. The number of carbonyl (C=O) groups is 4. The molecule has 0 saturated carbocycles. The Hall–Kier alpha value is -2.16. The van der Waals surface area contributed by atoms with E-state index in [2.05, 4.69) is 83.1 Å². The standard InChI is InChI=1S/C56H107NO8/c1-43(2)22-15-25-46(7)28-18-31-49(10)36-53(59)63-40-56(39-62-52(58)34-21-35-57(13)14,41-64-54(60)37-50(11)32-19-29-47(8)26-16-23-44(3)4)42-65-55(61)38-51(12)33-20-30-48(9)27-17-24-45(5)6/h43-51H,15-42H2,1-14H3. The summed E-state index contributed by atoms with van der Waals surface area (Å²) in [7, 11) is 3.91. The van der Waals surface area contributed by atoms with Gasteiger partial charge in [0.1, 0.15) is 31.8 Å². The summed E-state index contributed by atoms with van der Waals surface area (Å²) >= 11 is 0. The van der Waals surface area contributed by atoms with Gasteiger partial charge in [-0.1, -0.05) is 199 Å². The van der Waals surface area contributed by atoms with Crippen molar-refractivity contribution >= 4 is 23.9 Å². The Kier molecular flexibility index (Phi) is 36.5. The van der Waals surface area contributed by atoms with Gasteiger partial charge in [-0.3, -0.25) is 19.2 Å². The smallest absolute Gasteiger partial charge is 0.306 e. The molecule has 0 bridgehead atoms. The predicted octanol–water partition coefficient (Wildman–Crippen LogP) is 14.5. The lowest BCUT2D eigenvalue weighted by atomic mass is 9.91. The largest absolute Gasteiger partial charge is 0.465 e. The molecule has 0 spiro atoms. The van der Waals surface area contributed by atoms with Gasteiger partial charge in [-0.25, -0.2) is 0 Å². The molecular formula is C56H107NO8. The molecule has 0 radical (unpaired) electrons. The van der Waals surface area contributed by atoms with Crippen molar-refractivity contribution in [2.75, 3.05) is 47.1 Å². The highest BCUT2D eigenvalue weighted by atomic mass is 16.6. The van der Waals surface area contributed by atoms with Gasteiger partial charge < -0.3 is 23.8 Å². The molecule has 0 aliphatic heterocycles. The Labute approximate surface area is 402 Å². The molecule has 9 nitrogen and oxygen atoms in total. The first-order valence-electron chi connectivity index (χ1n) is 26.9. The molecule has 0 aliphatic rings. The third kappa shape index (κ3) is 38.5. The van der Waals surface area contributed by atoms with E-state index in [0.717, 1.165) is 82.1 Å². The number of carbonyl (C=O) groups excluding carboxylic acids is 4. The third-order valence-electron chi connectivity index (χ3n) is 13.3. The molecule has 0 aromatic heterocycles. The van der Waals surface area contributed by atoms with Crippen LogP contribution >= 0.6 is 0 Å². The van der Waals surface area contributed by atoms with Crippen LogP contribution in [0.3, 0.4) is 0 Å². The molecule has 6 unspecified atom stereocenters. The van der Waals surface area contributed by atoms with Crippen LogP contribution in [-0.2, 0) is 38.1 Å². The lowest BCUT2D eigenvalue weighted by Gasteiger charge is -2.32. The highest BCUT2D eigenvalue weighted by Crippen LogP contribution is 2.27. The number of nitrogens with zero attached hydrogens (tertiary/aromatic N) is 1. The van der Waals surface area contributed by atoms with Crippen LogP contribution in [0.25, 0.3) is 0 Å². The number of ether oxygens (including phenoxy) is 4. The van der Waals surface area contributed by atoms with Crippen LogP contribution in [0.4, 0.5) is 0 Å². The molecule has 0 fully saturated rings. The van der Waals surface area contributed by atoms with Gasteiger partial charge in [-0.15, -0.1) is 0 Å². The molecule has 6 atom stereocenters. The predicted molar refractivity (Wildman–Crippen MR) is 271 cm³/mol. The van der Waals surface area contributed by atoms with Crippen molar-refractivity contribution in [2.24, 2.45) is 58.7 Å². The monoisotopic (exact) mass is 922 g/mol. The minimum Gasteiger partial charge on any atom is -0.465 e. The number of esters is 4. The van der Waals surface area contributed by atoms with E-state index in [4.69, 9.17) is 18.9 Å². The molecule has 0 saturated heterocycles. The van der Waals surface area contributed by atoms with Crippen LogP contribution < -0.4 is 0 Å². The van der Waals surface area contributed by atoms with E-state index >= 15 is 0 Å². The van der Waals surface area contributed by atoms with Crippen molar-refractivity contribution in [1.82, 2.24) is 4.90 Å². The zero-order valence-corrected chi connectivity index (χ0v) is 45.2. The minimum absolute atomic E-state index is 0.138. The van der Waals surface area contributed by atoms with Crippen LogP contribution in [0, 0.1) is 58.7 Å². The average Bonchev–Trinajstić information content (AvgIpc) is 3.19. The van der Waals surface area contributed by atoms with Crippen LogP contribution in [0.5, 0.6) is 0 Å². The minimum atomic E-state index is -1.25. The Morgan fingerprint density at radius 3 is 0.862 bits per heavy atom. The zero-order valence-electron chi connectivity index (χ0n) is 45.2. The quantitative estimate of drug-likeness (QED) is 0.0437. The van der Waals surface area contributed by atoms with E-state index in [9.17, 15) is 19.2 Å². The Bertz CT molecular complexity index is 1090. The van der Waals surface area contributed by atoms with Gasteiger partial charge in [-0.05, 0) is 80.3 Å². The van der Waals surface area contributed by atoms with E-state index in [0.29, 0.717) is 24.2 Å². The lowest BCUT2D eigenvalue weighted by Crippen LogP contribution is -2.44. The molecule has 0 heterocycles. The maximum absolute atomic E-state index is 13.4. The van der Waals surface area contributed by atoms with Crippen molar-refractivity contribution in [1.29, 1.82) is 0 Å². The highest BCUT2D eigenvalue weighted by molar-refractivity contribution is 5.71. The molecule has 65 heavy (non-hydrogen) atoms. The summed E-state index contributed by atoms with van der Waals surface area (Å²) in [4.78, 5) is 55.4. The first kappa shape index (κ1) is 62.8. The molecule has 9 heteroatoms. The fraction of sp³-hybridized carbons (Fsp3) is 0.929. The van der Waals surface area contributed by atoms with E-state index in [1.165, 1.54) is 57.8 Å².